The van der Waals surface area contributed by atoms with Crippen LogP contribution in [0.5, 0.6) is 0 Å². The molecule has 1 fully saturated rings. The molecule has 0 radical (unpaired) electrons. The molecule has 2 aliphatic heterocycles. The Kier molecular flexibility index (Phi) is 4.87. The van der Waals surface area contributed by atoms with Gasteiger partial charge in [0.25, 0.3) is 0 Å². The van der Waals surface area contributed by atoms with E-state index < -0.39 is 47.5 Å². The monoisotopic (exact) mass is 450 g/mol. The summed E-state index contributed by atoms with van der Waals surface area (Å²) in [5.74, 6) is -2.02. The number of fused-ring (bicyclic) bond motifs is 1. The Morgan fingerprint density at radius 2 is 1.84 bits per heavy atom. The third kappa shape index (κ3) is 3.68. The van der Waals surface area contributed by atoms with Crippen LogP contribution in [0.15, 0.2) is 12.3 Å². The van der Waals surface area contributed by atoms with E-state index in [2.05, 4.69) is 25.5 Å². The second-order valence-corrected chi connectivity index (χ2v) is 7.44. The number of aromatic nitrogens is 4. The number of alkyl halides is 6. The topological polar surface area (TPSA) is 107 Å². The highest BCUT2D eigenvalue weighted by molar-refractivity contribution is 5.94. The van der Waals surface area contributed by atoms with Gasteiger partial charge in [0.2, 0.25) is 11.9 Å². The van der Waals surface area contributed by atoms with Gasteiger partial charge in [-0.15, -0.1) is 0 Å². The summed E-state index contributed by atoms with van der Waals surface area (Å²) in [7, 11) is 0. The highest BCUT2D eigenvalue weighted by Gasteiger charge is 2.61. The summed E-state index contributed by atoms with van der Waals surface area (Å²) in [4.78, 5) is 20.5. The first kappa shape index (κ1) is 21.3. The lowest BCUT2D eigenvalue weighted by molar-refractivity contribution is -0.267. The molecule has 1 atom stereocenters. The van der Waals surface area contributed by atoms with Crippen LogP contribution in [0, 0.1) is 0 Å². The predicted octanol–water partition coefficient (Wildman–Crippen LogP) is 2.69. The number of nitrogens with zero attached hydrogens (tertiary/aromatic N) is 4. The molecule has 2 aliphatic rings. The average Bonchev–Trinajstić information content (AvgIpc) is 3.11. The number of aromatic amines is 1. The number of aliphatic hydroxyl groups is 1. The normalized spacial score (nSPS) is 22.9. The van der Waals surface area contributed by atoms with E-state index in [9.17, 15) is 36.2 Å². The van der Waals surface area contributed by atoms with Crippen molar-refractivity contribution >= 4 is 17.7 Å². The van der Waals surface area contributed by atoms with Gasteiger partial charge in [0.1, 0.15) is 5.69 Å². The van der Waals surface area contributed by atoms with Gasteiger partial charge in [-0.2, -0.15) is 31.4 Å². The molecule has 31 heavy (non-hydrogen) atoms. The first-order valence-corrected chi connectivity index (χ1v) is 9.23. The Bertz CT molecular complexity index is 998. The molecule has 0 spiro atoms. The number of carbonyl (C=O) groups is 1. The van der Waals surface area contributed by atoms with Crippen LogP contribution >= 0.6 is 0 Å². The van der Waals surface area contributed by atoms with Gasteiger partial charge in [-0.3, -0.25) is 9.89 Å². The number of hydrogen-bond donors (Lipinski definition) is 3. The van der Waals surface area contributed by atoms with Crippen molar-refractivity contribution in [1.82, 2.24) is 20.2 Å². The highest BCUT2D eigenvalue weighted by atomic mass is 19.4. The van der Waals surface area contributed by atoms with Gasteiger partial charge in [-0.1, -0.05) is 0 Å². The van der Waals surface area contributed by atoms with Crippen molar-refractivity contribution in [2.45, 2.75) is 43.1 Å². The number of piperidine rings is 1. The minimum Gasteiger partial charge on any atom is -0.376 e. The molecule has 8 nitrogen and oxygen atoms in total. The summed E-state index contributed by atoms with van der Waals surface area (Å²) in [6.07, 6.45) is -9.43. The molecule has 14 heteroatoms. The molecule has 2 aromatic heterocycles. The van der Waals surface area contributed by atoms with Crippen molar-refractivity contribution < 1.29 is 36.2 Å². The van der Waals surface area contributed by atoms with E-state index in [4.69, 9.17) is 0 Å². The third-order valence-corrected chi connectivity index (χ3v) is 5.47. The van der Waals surface area contributed by atoms with Crippen LogP contribution in [0.1, 0.15) is 42.1 Å². The maximum absolute atomic E-state index is 13.6. The van der Waals surface area contributed by atoms with Crippen LogP contribution in [0.3, 0.4) is 0 Å². The van der Waals surface area contributed by atoms with Crippen molar-refractivity contribution in [2.24, 2.45) is 0 Å². The van der Waals surface area contributed by atoms with E-state index in [1.54, 1.807) is 0 Å². The number of hydrogen-bond acceptors (Lipinski definition) is 6. The maximum atomic E-state index is 13.6. The number of rotatable bonds is 2. The Balaban J connectivity index is 1.57. The fraction of sp³-hybridized carbons (Fsp3) is 0.529. The zero-order valence-electron chi connectivity index (χ0n) is 15.7. The molecule has 0 bridgehead atoms. The molecule has 1 saturated heterocycles. The van der Waals surface area contributed by atoms with Gasteiger partial charge in [-0.25, -0.2) is 9.97 Å². The highest BCUT2D eigenvalue weighted by Crippen LogP contribution is 2.49. The maximum Gasteiger partial charge on any atom is 0.433 e. The van der Waals surface area contributed by atoms with Gasteiger partial charge in [-0.05, 0) is 18.9 Å². The van der Waals surface area contributed by atoms with Crippen molar-refractivity contribution in [1.29, 1.82) is 0 Å². The molecule has 3 N–H and O–H groups in total. The first-order chi connectivity index (χ1) is 14.4. The lowest BCUT2D eigenvalue weighted by Gasteiger charge is -2.36. The number of carbonyl (C=O) groups excluding carboxylic acids is 1. The quantitative estimate of drug-likeness (QED) is 0.608. The zero-order valence-corrected chi connectivity index (χ0v) is 15.7. The number of nitrogens with one attached hydrogen (secondary N) is 2. The zero-order chi connectivity index (χ0) is 22.6. The molecule has 1 amide bonds. The second-order valence-electron chi connectivity index (χ2n) is 7.44. The molecule has 0 saturated carbocycles. The molecule has 4 heterocycles. The fourth-order valence-electron chi connectivity index (χ4n) is 3.93. The molecular weight excluding hydrogens is 434 g/mol. The lowest BCUT2D eigenvalue weighted by Crippen LogP contribution is -2.49. The minimum atomic E-state index is -5.11. The van der Waals surface area contributed by atoms with Crippen LogP contribution in [0.4, 0.5) is 38.1 Å². The minimum absolute atomic E-state index is 0.0411. The molecule has 1 unspecified atom stereocenters. The summed E-state index contributed by atoms with van der Waals surface area (Å²) < 4.78 is 79.5. The van der Waals surface area contributed by atoms with Gasteiger partial charge in [0.15, 0.2) is 11.4 Å². The Morgan fingerprint density at radius 1 is 1.16 bits per heavy atom. The van der Waals surface area contributed by atoms with E-state index in [1.165, 1.54) is 4.90 Å². The SMILES string of the molecule is O=C1CC(O)(C(F)(F)F)c2c(n[nH]c2C2CCN(c3nccc(C(F)(F)F)n3)CC2)N1. The largest absolute Gasteiger partial charge is 0.433 e. The molecule has 4 rings (SSSR count). The van der Waals surface area contributed by atoms with Gasteiger partial charge in [0, 0.05) is 30.9 Å². The fourth-order valence-corrected chi connectivity index (χ4v) is 3.93. The molecule has 2 aromatic rings. The number of anilines is 2. The van der Waals surface area contributed by atoms with Crippen molar-refractivity contribution in [3.8, 4) is 0 Å². The summed E-state index contributed by atoms with van der Waals surface area (Å²) in [5, 5.41) is 18.8. The molecular formula is C17H16F6N6O2. The lowest BCUT2D eigenvalue weighted by atomic mass is 9.81. The third-order valence-electron chi connectivity index (χ3n) is 5.47. The second kappa shape index (κ2) is 7.07. The van der Waals surface area contributed by atoms with Crippen LogP contribution in [0.2, 0.25) is 0 Å². The van der Waals surface area contributed by atoms with Gasteiger partial charge in [0.05, 0.1) is 12.0 Å². The van der Waals surface area contributed by atoms with Crippen LogP contribution in [-0.4, -0.2) is 50.4 Å². The predicted molar refractivity (Wildman–Crippen MR) is 93.0 cm³/mol. The molecule has 0 aliphatic carbocycles. The van der Waals surface area contributed by atoms with Gasteiger partial charge >= 0.3 is 12.4 Å². The number of halogens is 6. The van der Waals surface area contributed by atoms with Crippen LogP contribution in [0.25, 0.3) is 0 Å². The number of amides is 1. The summed E-state index contributed by atoms with van der Waals surface area (Å²) >= 11 is 0. The van der Waals surface area contributed by atoms with E-state index in [1.807, 2.05) is 0 Å². The molecule has 168 valence electrons. The van der Waals surface area contributed by atoms with Crippen molar-refractivity contribution in [3.05, 3.63) is 29.2 Å². The Morgan fingerprint density at radius 3 is 2.45 bits per heavy atom. The molecule has 0 aromatic carbocycles. The Hall–Kier alpha value is -2.90. The van der Waals surface area contributed by atoms with Crippen molar-refractivity contribution in [2.75, 3.05) is 23.3 Å². The van der Waals surface area contributed by atoms with Crippen molar-refractivity contribution in [3.63, 3.8) is 0 Å². The summed E-state index contributed by atoms with van der Waals surface area (Å²) in [6.45, 7) is 0.354. The summed E-state index contributed by atoms with van der Waals surface area (Å²) in [6, 6.07) is 0.749. The first-order valence-electron chi connectivity index (χ1n) is 9.23. The van der Waals surface area contributed by atoms with Gasteiger partial charge < -0.3 is 15.3 Å². The number of H-pyrrole nitrogens is 1. The standard InChI is InChI=1S/C17H16F6N6O2/c18-16(19,20)9-1-4-24-14(25-9)29-5-2-8(3-6-29)12-11-13(28-27-12)26-10(30)7-15(11,31)17(21,22)23/h1,4,8,31H,2-3,5-7H2,(H2,26,27,28,30). The van der Waals surface area contributed by atoms with E-state index >= 15 is 0 Å². The smallest absolute Gasteiger partial charge is 0.376 e. The Labute approximate surface area is 170 Å². The average molecular weight is 450 g/mol. The van der Waals surface area contributed by atoms with E-state index in [0.29, 0.717) is 0 Å². The van der Waals surface area contributed by atoms with E-state index in [-0.39, 0.29) is 43.4 Å². The van der Waals surface area contributed by atoms with Crippen LogP contribution < -0.4 is 10.2 Å². The summed E-state index contributed by atoms with van der Waals surface area (Å²) in [5.41, 5.74) is -4.95. The van der Waals surface area contributed by atoms with Crippen LogP contribution in [-0.2, 0) is 16.6 Å². The van der Waals surface area contributed by atoms with E-state index in [0.717, 1.165) is 12.3 Å².